The quantitative estimate of drug-likeness (QED) is 0.514. The van der Waals surface area contributed by atoms with E-state index in [0.29, 0.717) is 11.1 Å². The lowest BCUT2D eigenvalue weighted by molar-refractivity contribution is 0.0367. The van der Waals surface area contributed by atoms with Crippen molar-refractivity contribution in [3.8, 4) is 11.5 Å². The first-order valence-corrected chi connectivity index (χ1v) is 6.41. The average molecular weight is 284 g/mol. The number of hydrogen-bond donors (Lipinski definition) is 2. The van der Waals surface area contributed by atoms with E-state index in [1.807, 2.05) is 0 Å². The molecule has 2 aromatic carbocycles. The van der Waals surface area contributed by atoms with Crippen molar-refractivity contribution in [2.45, 2.75) is 12.5 Å². The Morgan fingerprint density at radius 3 is 2.71 bits per heavy atom. The van der Waals surface area contributed by atoms with Gasteiger partial charge in [0.15, 0.2) is 5.78 Å². The van der Waals surface area contributed by atoms with E-state index >= 15 is 0 Å². The molecule has 1 aliphatic heterocycles. The second-order valence-corrected chi connectivity index (χ2v) is 4.81. The molecule has 106 valence electrons. The van der Waals surface area contributed by atoms with Gasteiger partial charge in [-0.15, -0.1) is 0 Å². The fraction of sp³-hybridized carbons (Fsp3) is 0.125. The number of aromatic hydroxyl groups is 2. The Bertz CT molecular complexity index is 735. The number of phenols is 2. The molecule has 0 saturated carbocycles. The number of fused-ring (bicyclic) bond motifs is 1. The van der Waals surface area contributed by atoms with Crippen LogP contribution in [0.2, 0.25) is 0 Å². The lowest BCUT2D eigenvalue weighted by Gasteiger charge is -2.10. The van der Waals surface area contributed by atoms with E-state index in [1.54, 1.807) is 24.3 Å². The molecule has 0 aromatic heterocycles. The van der Waals surface area contributed by atoms with Crippen molar-refractivity contribution >= 4 is 11.8 Å². The van der Waals surface area contributed by atoms with Crippen molar-refractivity contribution in [2.24, 2.45) is 0 Å². The SMILES string of the molecule is O=C(C[C@@H]1OC(=O)c2ccccc21)c1cc(O)ccc1O. The molecule has 21 heavy (non-hydrogen) atoms. The summed E-state index contributed by atoms with van der Waals surface area (Å²) in [6, 6.07) is 10.6. The van der Waals surface area contributed by atoms with Crippen LogP contribution < -0.4 is 0 Å². The van der Waals surface area contributed by atoms with Crippen LogP contribution in [0, 0.1) is 0 Å². The summed E-state index contributed by atoms with van der Waals surface area (Å²) >= 11 is 0. The molecule has 1 aliphatic rings. The van der Waals surface area contributed by atoms with E-state index in [-0.39, 0.29) is 23.5 Å². The van der Waals surface area contributed by atoms with E-state index in [9.17, 15) is 19.8 Å². The van der Waals surface area contributed by atoms with Gasteiger partial charge in [-0.25, -0.2) is 4.79 Å². The molecule has 2 aromatic rings. The van der Waals surface area contributed by atoms with Crippen LogP contribution in [-0.2, 0) is 4.74 Å². The molecule has 0 radical (unpaired) electrons. The molecular weight excluding hydrogens is 272 g/mol. The Morgan fingerprint density at radius 2 is 1.90 bits per heavy atom. The number of carbonyl (C=O) groups excluding carboxylic acids is 2. The summed E-state index contributed by atoms with van der Waals surface area (Å²) in [5, 5.41) is 19.1. The number of esters is 1. The Hall–Kier alpha value is -2.82. The van der Waals surface area contributed by atoms with Gasteiger partial charge in [0.25, 0.3) is 0 Å². The number of ether oxygens (including phenoxy) is 1. The zero-order valence-electron chi connectivity index (χ0n) is 10.9. The third-order valence-corrected chi connectivity index (χ3v) is 3.43. The molecule has 5 heteroatoms. The van der Waals surface area contributed by atoms with Crippen molar-refractivity contribution in [1.29, 1.82) is 0 Å². The lowest BCUT2D eigenvalue weighted by atomic mass is 9.98. The molecule has 0 bridgehead atoms. The predicted molar refractivity (Wildman–Crippen MR) is 73.3 cm³/mol. The van der Waals surface area contributed by atoms with Gasteiger partial charge in [-0.1, -0.05) is 18.2 Å². The summed E-state index contributed by atoms with van der Waals surface area (Å²) < 4.78 is 5.19. The van der Waals surface area contributed by atoms with E-state index in [2.05, 4.69) is 0 Å². The van der Waals surface area contributed by atoms with Gasteiger partial charge in [0.05, 0.1) is 17.5 Å². The van der Waals surface area contributed by atoms with Crippen LogP contribution in [-0.4, -0.2) is 22.0 Å². The van der Waals surface area contributed by atoms with E-state index in [4.69, 9.17) is 4.74 Å². The lowest BCUT2D eigenvalue weighted by Crippen LogP contribution is -2.08. The third-order valence-electron chi connectivity index (χ3n) is 3.43. The minimum absolute atomic E-state index is 0.00966. The number of benzene rings is 2. The van der Waals surface area contributed by atoms with Gasteiger partial charge in [-0.2, -0.15) is 0 Å². The zero-order chi connectivity index (χ0) is 15.0. The van der Waals surface area contributed by atoms with Gasteiger partial charge in [0.2, 0.25) is 0 Å². The van der Waals surface area contributed by atoms with Gasteiger partial charge >= 0.3 is 5.97 Å². The van der Waals surface area contributed by atoms with Gasteiger partial charge in [-0.05, 0) is 24.3 Å². The molecule has 0 aliphatic carbocycles. The summed E-state index contributed by atoms with van der Waals surface area (Å²) in [4.78, 5) is 23.9. The second kappa shape index (κ2) is 4.94. The fourth-order valence-electron chi connectivity index (χ4n) is 2.40. The maximum absolute atomic E-state index is 12.2. The molecular formula is C16H12O5. The monoisotopic (exact) mass is 284 g/mol. The highest BCUT2D eigenvalue weighted by Gasteiger charge is 2.32. The van der Waals surface area contributed by atoms with Crippen LogP contribution >= 0.6 is 0 Å². The van der Waals surface area contributed by atoms with E-state index < -0.39 is 17.9 Å². The minimum atomic E-state index is -0.664. The minimum Gasteiger partial charge on any atom is -0.508 e. The molecule has 0 saturated heterocycles. The van der Waals surface area contributed by atoms with Crippen LogP contribution in [0.1, 0.15) is 38.8 Å². The molecule has 0 fully saturated rings. The first-order valence-electron chi connectivity index (χ1n) is 6.41. The van der Waals surface area contributed by atoms with Crippen LogP contribution in [0.15, 0.2) is 42.5 Å². The molecule has 1 atom stereocenters. The zero-order valence-corrected chi connectivity index (χ0v) is 10.9. The summed E-state index contributed by atoms with van der Waals surface area (Å²) in [7, 11) is 0. The average Bonchev–Trinajstić information content (AvgIpc) is 2.78. The van der Waals surface area contributed by atoms with Crippen molar-refractivity contribution in [1.82, 2.24) is 0 Å². The van der Waals surface area contributed by atoms with Crippen molar-refractivity contribution < 1.29 is 24.5 Å². The number of carbonyl (C=O) groups is 2. The maximum Gasteiger partial charge on any atom is 0.339 e. The predicted octanol–water partition coefficient (Wildman–Crippen LogP) is 2.58. The van der Waals surface area contributed by atoms with Gasteiger partial charge in [0, 0.05) is 5.56 Å². The van der Waals surface area contributed by atoms with Crippen molar-refractivity contribution in [2.75, 3.05) is 0 Å². The molecule has 0 spiro atoms. The number of ketones is 1. The summed E-state index contributed by atoms with van der Waals surface area (Å²) in [6.45, 7) is 0. The van der Waals surface area contributed by atoms with Crippen LogP contribution in [0.4, 0.5) is 0 Å². The summed E-state index contributed by atoms with van der Waals surface area (Å²) in [5.74, 6) is -1.18. The molecule has 2 N–H and O–H groups in total. The van der Waals surface area contributed by atoms with Gasteiger partial charge in [-0.3, -0.25) is 4.79 Å². The van der Waals surface area contributed by atoms with E-state index in [1.165, 1.54) is 18.2 Å². The van der Waals surface area contributed by atoms with Crippen LogP contribution in [0.3, 0.4) is 0 Å². The van der Waals surface area contributed by atoms with Crippen LogP contribution in [0.5, 0.6) is 11.5 Å². The third kappa shape index (κ3) is 2.33. The Kier molecular flexibility index (Phi) is 3.10. The summed E-state index contributed by atoms with van der Waals surface area (Å²) in [5.41, 5.74) is 1.13. The largest absolute Gasteiger partial charge is 0.508 e. The first kappa shape index (κ1) is 13.2. The fourth-order valence-corrected chi connectivity index (χ4v) is 2.40. The van der Waals surface area contributed by atoms with Gasteiger partial charge in [0.1, 0.15) is 17.6 Å². The standard InChI is InChI=1S/C16H12O5/c17-9-5-6-13(18)12(7-9)14(19)8-15-10-3-1-2-4-11(10)16(20)21-15/h1-7,15,17-18H,8H2/t15-/m0/s1. The maximum atomic E-state index is 12.2. The van der Waals surface area contributed by atoms with Crippen molar-refractivity contribution in [3.05, 3.63) is 59.2 Å². The smallest absolute Gasteiger partial charge is 0.339 e. The number of cyclic esters (lactones) is 1. The number of Topliss-reactive ketones (excluding diaryl/α,β-unsaturated/α-hetero) is 1. The summed E-state index contributed by atoms with van der Waals surface area (Å²) in [6.07, 6.45) is -0.748. The highest BCUT2D eigenvalue weighted by Crippen LogP contribution is 2.35. The number of hydrogen-bond acceptors (Lipinski definition) is 5. The number of phenolic OH excluding ortho intramolecular Hbond substituents is 2. The molecule has 5 nitrogen and oxygen atoms in total. The highest BCUT2D eigenvalue weighted by molar-refractivity contribution is 6.00. The number of rotatable bonds is 3. The topological polar surface area (TPSA) is 83.8 Å². The van der Waals surface area contributed by atoms with Crippen LogP contribution in [0.25, 0.3) is 0 Å². The Balaban J connectivity index is 1.87. The Morgan fingerprint density at radius 1 is 1.14 bits per heavy atom. The van der Waals surface area contributed by atoms with Gasteiger partial charge < -0.3 is 14.9 Å². The molecule has 0 unspecified atom stereocenters. The van der Waals surface area contributed by atoms with E-state index in [0.717, 1.165) is 0 Å². The molecule has 1 heterocycles. The van der Waals surface area contributed by atoms with Crippen molar-refractivity contribution in [3.63, 3.8) is 0 Å². The molecule has 3 rings (SSSR count). The Labute approximate surface area is 120 Å². The second-order valence-electron chi connectivity index (χ2n) is 4.81. The first-order chi connectivity index (χ1) is 10.1. The molecule has 0 amide bonds. The highest BCUT2D eigenvalue weighted by atomic mass is 16.5. The normalized spacial score (nSPS) is 16.4.